The van der Waals surface area contributed by atoms with Crippen molar-refractivity contribution in [3.63, 3.8) is 0 Å². The summed E-state index contributed by atoms with van der Waals surface area (Å²) in [6.07, 6.45) is 5.97. The van der Waals surface area contributed by atoms with Gasteiger partial charge in [-0.2, -0.15) is 0 Å². The second-order valence-corrected chi connectivity index (χ2v) is 7.30. The lowest BCUT2D eigenvalue weighted by Gasteiger charge is -2.26. The molecule has 27 heavy (non-hydrogen) atoms. The summed E-state index contributed by atoms with van der Waals surface area (Å²) in [6, 6.07) is 10.5. The van der Waals surface area contributed by atoms with Crippen LogP contribution < -0.4 is 4.74 Å². The zero-order chi connectivity index (χ0) is 19.2. The van der Waals surface area contributed by atoms with E-state index in [0.717, 1.165) is 50.6 Å². The van der Waals surface area contributed by atoms with E-state index >= 15 is 0 Å². The van der Waals surface area contributed by atoms with Crippen LogP contribution in [0.4, 0.5) is 8.78 Å². The van der Waals surface area contributed by atoms with Crippen LogP contribution in [0.3, 0.4) is 0 Å². The Labute approximate surface area is 159 Å². The predicted octanol–water partition coefficient (Wildman–Crippen LogP) is 6.28. The molecule has 1 saturated carbocycles. The van der Waals surface area contributed by atoms with E-state index in [0.29, 0.717) is 17.7 Å². The summed E-state index contributed by atoms with van der Waals surface area (Å²) in [5.41, 5.74) is 1.32. The minimum atomic E-state index is -0.801. The first-order chi connectivity index (χ1) is 13.1. The molecule has 4 heteroatoms. The number of halogens is 2. The summed E-state index contributed by atoms with van der Waals surface area (Å²) in [7, 11) is 0. The number of carbonyl (C=O) groups is 1. The number of aldehydes is 1. The molecule has 144 valence electrons. The minimum absolute atomic E-state index is 0.0147. The van der Waals surface area contributed by atoms with Gasteiger partial charge in [0.1, 0.15) is 12.0 Å². The lowest BCUT2D eigenvalue weighted by molar-refractivity contribution is -0.111. The molecule has 0 radical (unpaired) electrons. The summed E-state index contributed by atoms with van der Waals surface area (Å²) in [4.78, 5) is 10.9. The van der Waals surface area contributed by atoms with E-state index in [9.17, 15) is 13.6 Å². The monoisotopic (exact) mass is 372 g/mol. The highest BCUT2D eigenvalue weighted by Gasteiger charge is 2.26. The molecule has 0 N–H and O–H groups in total. The fourth-order valence-electron chi connectivity index (χ4n) is 3.73. The van der Waals surface area contributed by atoms with Crippen molar-refractivity contribution >= 4 is 6.29 Å². The molecule has 1 fully saturated rings. The van der Waals surface area contributed by atoms with E-state index in [2.05, 4.69) is 6.92 Å². The highest BCUT2D eigenvalue weighted by molar-refractivity contribution is 5.65. The maximum atomic E-state index is 14.7. The third-order valence-electron chi connectivity index (χ3n) is 5.45. The lowest BCUT2D eigenvalue weighted by Crippen LogP contribution is -2.15. The van der Waals surface area contributed by atoms with E-state index in [4.69, 9.17) is 4.74 Å². The Morgan fingerprint density at radius 3 is 2.33 bits per heavy atom. The number of ether oxygens (including phenoxy) is 1. The van der Waals surface area contributed by atoms with Gasteiger partial charge < -0.3 is 9.53 Å². The smallest absolute Gasteiger partial charge is 0.166 e. The maximum Gasteiger partial charge on any atom is 0.166 e. The van der Waals surface area contributed by atoms with Gasteiger partial charge in [-0.25, -0.2) is 8.78 Å². The molecule has 0 aromatic heterocycles. The van der Waals surface area contributed by atoms with Crippen molar-refractivity contribution in [1.29, 1.82) is 0 Å². The Balaban J connectivity index is 1.76. The molecule has 0 heterocycles. The zero-order valence-corrected chi connectivity index (χ0v) is 15.7. The molecule has 0 amide bonds. The van der Waals surface area contributed by atoms with Gasteiger partial charge >= 0.3 is 0 Å². The molecular weight excluding hydrogens is 346 g/mol. The van der Waals surface area contributed by atoms with E-state index in [-0.39, 0.29) is 17.4 Å². The first kappa shape index (κ1) is 19.5. The standard InChI is InChI=1S/C23H26F2O2/c1-2-3-14-27-19-10-8-18(9-11-19)21-13-12-20(22(24)23(21)25)17-6-4-16(15-26)5-7-17/h8-13,15-17H,2-7,14H2,1H3. The maximum absolute atomic E-state index is 14.7. The molecule has 1 aliphatic carbocycles. The van der Waals surface area contributed by atoms with Crippen LogP contribution in [-0.4, -0.2) is 12.9 Å². The Bertz CT molecular complexity index is 763. The summed E-state index contributed by atoms with van der Waals surface area (Å²) in [5.74, 6) is -0.780. The van der Waals surface area contributed by atoms with E-state index in [1.54, 1.807) is 36.4 Å². The number of hydrogen-bond acceptors (Lipinski definition) is 2. The number of hydrogen-bond donors (Lipinski definition) is 0. The molecule has 0 atom stereocenters. The van der Waals surface area contributed by atoms with Crippen molar-refractivity contribution < 1.29 is 18.3 Å². The SMILES string of the molecule is CCCCOc1ccc(-c2ccc(C3CCC(C=O)CC3)c(F)c2F)cc1. The van der Waals surface area contributed by atoms with Crippen LogP contribution in [0, 0.1) is 17.6 Å². The van der Waals surface area contributed by atoms with Crippen LogP contribution in [0.2, 0.25) is 0 Å². The molecule has 0 saturated heterocycles. The van der Waals surface area contributed by atoms with Crippen LogP contribution >= 0.6 is 0 Å². The molecule has 2 aromatic rings. The molecule has 3 rings (SSSR count). The van der Waals surface area contributed by atoms with Crippen LogP contribution in [-0.2, 0) is 4.79 Å². The van der Waals surface area contributed by atoms with E-state index < -0.39 is 11.6 Å². The summed E-state index contributed by atoms with van der Waals surface area (Å²) >= 11 is 0. The van der Waals surface area contributed by atoms with Gasteiger partial charge in [-0.05, 0) is 61.3 Å². The Kier molecular flexibility index (Phi) is 6.59. The Hall–Kier alpha value is -2.23. The lowest BCUT2D eigenvalue weighted by atomic mass is 9.79. The van der Waals surface area contributed by atoms with Gasteiger partial charge in [-0.3, -0.25) is 0 Å². The third kappa shape index (κ3) is 4.55. The highest BCUT2D eigenvalue weighted by Crippen LogP contribution is 2.38. The van der Waals surface area contributed by atoms with Crippen molar-refractivity contribution in [2.75, 3.05) is 6.61 Å². The van der Waals surface area contributed by atoms with Gasteiger partial charge in [0.15, 0.2) is 11.6 Å². The molecule has 2 nitrogen and oxygen atoms in total. The quantitative estimate of drug-likeness (QED) is 0.422. The van der Waals surface area contributed by atoms with E-state index in [1.807, 2.05) is 0 Å². The van der Waals surface area contributed by atoms with Gasteiger partial charge in [0.2, 0.25) is 0 Å². The van der Waals surface area contributed by atoms with Gasteiger partial charge in [-0.1, -0.05) is 37.6 Å². The highest BCUT2D eigenvalue weighted by atomic mass is 19.2. The fraction of sp³-hybridized carbons (Fsp3) is 0.435. The normalized spacial score (nSPS) is 19.7. The number of rotatable bonds is 7. The molecule has 0 bridgehead atoms. The van der Waals surface area contributed by atoms with E-state index in [1.165, 1.54) is 0 Å². The molecule has 0 aliphatic heterocycles. The largest absolute Gasteiger partial charge is 0.494 e. The van der Waals surface area contributed by atoms with Crippen molar-refractivity contribution in [2.24, 2.45) is 5.92 Å². The average molecular weight is 372 g/mol. The minimum Gasteiger partial charge on any atom is -0.494 e. The predicted molar refractivity (Wildman–Crippen MR) is 103 cm³/mol. The molecular formula is C23H26F2O2. The topological polar surface area (TPSA) is 26.3 Å². The molecule has 0 spiro atoms. The first-order valence-electron chi connectivity index (χ1n) is 9.80. The average Bonchev–Trinajstić information content (AvgIpc) is 2.71. The Morgan fingerprint density at radius 2 is 1.70 bits per heavy atom. The molecule has 0 unspecified atom stereocenters. The fourth-order valence-corrected chi connectivity index (χ4v) is 3.73. The Morgan fingerprint density at radius 1 is 1.00 bits per heavy atom. The van der Waals surface area contributed by atoms with Gasteiger partial charge in [0.25, 0.3) is 0 Å². The summed E-state index contributed by atoms with van der Waals surface area (Å²) in [6.45, 7) is 2.75. The van der Waals surface area contributed by atoms with Crippen molar-refractivity contribution in [3.8, 4) is 16.9 Å². The third-order valence-corrected chi connectivity index (χ3v) is 5.45. The van der Waals surface area contributed by atoms with Gasteiger partial charge in [0.05, 0.1) is 6.61 Å². The van der Waals surface area contributed by atoms with Crippen molar-refractivity contribution in [2.45, 2.75) is 51.4 Å². The second-order valence-electron chi connectivity index (χ2n) is 7.30. The number of unbranched alkanes of at least 4 members (excludes halogenated alkanes) is 1. The van der Waals surface area contributed by atoms with Crippen LogP contribution in [0.25, 0.3) is 11.1 Å². The van der Waals surface area contributed by atoms with Crippen LogP contribution in [0.1, 0.15) is 56.9 Å². The second kappa shape index (κ2) is 9.12. The number of benzene rings is 2. The first-order valence-corrected chi connectivity index (χ1v) is 9.80. The molecule has 1 aliphatic rings. The van der Waals surface area contributed by atoms with Gasteiger partial charge in [-0.15, -0.1) is 0 Å². The summed E-state index contributed by atoms with van der Waals surface area (Å²) < 4.78 is 35.1. The van der Waals surface area contributed by atoms with Crippen molar-refractivity contribution in [3.05, 3.63) is 53.6 Å². The van der Waals surface area contributed by atoms with Gasteiger partial charge in [0, 0.05) is 11.5 Å². The van der Waals surface area contributed by atoms with Crippen LogP contribution in [0.15, 0.2) is 36.4 Å². The zero-order valence-electron chi connectivity index (χ0n) is 15.7. The summed E-state index contributed by atoms with van der Waals surface area (Å²) in [5, 5.41) is 0. The molecule has 2 aromatic carbocycles. The number of carbonyl (C=O) groups excluding carboxylic acids is 1. The van der Waals surface area contributed by atoms with Crippen molar-refractivity contribution in [1.82, 2.24) is 0 Å². The van der Waals surface area contributed by atoms with Crippen LogP contribution in [0.5, 0.6) is 5.75 Å².